The lowest BCUT2D eigenvalue weighted by atomic mass is 9.41. The van der Waals surface area contributed by atoms with E-state index in [4.69, 9.17) is 23.7 Å². The van der Waals surface area contributed by atoms with E-state index in [1.165, 1.54) is 7.11 Å². The SMILES string of the molecule is C=C(CCC(C)C1CC(O)C2C1(C)CCC1C3(C)CCC(O)C(O)C3C(O)CC12O)C(C)COC1OC(C(O)CO)C(O)C1OC1OCC(OC)C(O)C1O. The second kappa shape index (κ2) is 16.7. The summed E-state index contributed by atoms with van der Waals surface area (Å²) >= 11 is 0. The minimum absolute atomic E-state index is 0.0618. The number of rotatable bonds is 13. The van der Waals surface area contributed by atoms with Crippen LogP contribution in [0.25, 0.3) is 0 Å². The molecule has 22 unspecified atom stereocenters. The van der Waals surface area contributed by atoms with Gasteiger partial charge in [-0.05, 0) is 73.5 Å². The Hall–Kier alpha value is -0.860. The van der Waals surface area contributed by atoms with Crippen LogP contribution in [0.2, 0.25) is 0 Å². The lowest BCUT2D eigenvalue weighted by molar-refractivity contribution is -0.305. The topological polar surface area (TPSA) is 248 Å². The highest BCUT2D eigenvalue weighted by atomic mass is 16.8. The molecule has 2 saturated heterocycles. The predicted molar refractivity (Wildman–Crippen MR) is 195 cm³/mol. The van der Waals surface area contributed by atoms with Gasteiger partial charge >= 0.3 is 0 Å². The van der Waals surface area contributed by atoms with Gasteiger partial charge in [-0.2, -0.15) is 0 Å². The van der Waals surface area contributed by atoms with Crippen molar-refractivity contribution in [2.75, 3.05) is 26.9 Å². The molecule has 55 heavy (non-hydrogen) atoms. The fourth-order valence-corrected chi connectivity index (χ4v) is 12.3. The quantitative estimate of drug-likeness (QED) is 0.107. The maximum Gasteiger partial charge on any atom is 0.187 e. The third-order valence-corrected chi connectivity index (χ3v) is 15.4. The predicted octanol–water partition coefficient (Wildman–Crippen LogP) is -0.424. The summed E-state index contributed by atoms with van der Waals surface area (Å²) < 4.78 is 28.5. The Morgan fingerprint density at radius 2 is 1.58 bits per heavy atom. The molecule has 2 aliphatic heterocycles. The van der Waals surface area contributed by atoms with Crippen LogP contribution in [0.4, 0.5) is 0 Å². The Morgan fingerprint density at radius 1 is 0.891 bits per heavy atom. The van der Waals surface area contributed by atoms with Crippen LogP contribution in [0.1, 0.15) is 79.1 Å². The average Bonchev–Trinajstić information content (AvgIpc) is 3.60. The lowest BCUT2D eigenvalue weighted by Crippen LogP contribution is -2.70. The molecule has 0 spiro atoms. The molecule has 0 radical (unpaired) electrons. The maximum atomic E-state index is 12.6. The second-order valence-corrected chi connectivity index (χ2v) is 18.6. The smallest absolute Gasteiger partial charge is 0.187 e. The standard InChI is InChI=1S/C40H68O15/c1-18(20(3)16-52-37-34(32(49)33(54-37)25(45)15-41)55-36-31(48)30(47)26(51-6)17-53-36)7-8-19(2)21-13-23(43)35-38(21,4)12-10-27-39(5)11-9-22(42)29(46)28(39)24(44)14-40(27,35)50/h19-37,41-50H,1,7-17H2,2-6H3. The van der Waals surface area contributed by atoms with Crippen molar-refractivity contribution in [2.45, 2.75) is 164 Å². The number of aliphatic hydroxyl groups is 10. The van der Waals surface area contributed by atoms with Crippen molar-refractivity contribution in [3.63, 3.8) is 0 Å². The molecule has 0 aromatic carbocycles. The molecule has 0 bridgehead atoms. The van der Waals surface area contributed by atoms with Crippen LogP contribution in [-0.2, 0) is 23.7 Å². The molecule has 4 aliphatic carbocycles. The first kappa shape index (κ1) is 43.7. The molecule has 0 amide bonds. The van der Waals surface area contributed by atoms with Gasteiger partial charge in [0.2, 0.25) is 0 Å². The minimum atomic E-state index is -1.50. The van der Waals surface area contributed by atoms with Crippen molar-refractivity contribution in [1.29, 1.82) is 0 Å². The highest BCUT2D eigenvalue weighted by molar-refractivity contribution is 5.21. The molecule has 0 aromatic heterocycles. The zero-order chi connectivity index (χ0) is 40.4. The Labute approximate surface area is 324 Å². The monoisotopic (exact) mass is 788 g/mol. The zero-order valence-corrected chi connectivity index (χ0v) is 33.0. The molecular weight excluding hydrogens is 720 g/mol. The van der Waals surface area contributed by atoms with Crippen LogP contribution >= 0.6 is 0 Å². The van der Waals surface area contributed by atoms with Crippen molar-refractivity contribution in [3.8, 4) is 0 Å². The van der Waals surface area contributed by atoms with E-state index in [1.807, 2.05) is 13.8 Å². The van der Waals surface area contributed by atoms with Crippen LogP contribution in [0.15, 0.2) is 12.2 Å². The average molecular weight is 789 g/mol. The molecule has 4 saturated carbocycles. The Morgan fingerprint density at radius 3 is 2.25 bits per heavy atom. The summed E-state index contributed by atoms with van der Waals surface area (Å²) in [4.78, 5) is 0. The molecule has 15 nitrogen and oxygen atoms in total. The fraction of sp³-hybridized carbons (Fsp3) is 0.950. The Kier molecular flexibility index (Phi) is 13.2. The maximum absolute atomic E-state index is 12.6. The number of ether oxygens (including phenoxy) is 5. The number of fused-ring (bicyclic) bond motifs is 5. The van der Waals surface area contributed by atoms with E-state index in [2.05, 4.69) is 20.4 Å². The van der Waals surface area contributed by atoms with E-state index in [0.717, 1.165) is 18.4 Å². The van der Waals surface area contributed by atoms with Gasteiger partial charge in [0.25, 0.3) is 0 Å². The van der Waals surface area contributed by atoms with E-state index in [0.29, 0.717) is 32.1 Å². The minimum Gasteiger partial charge on any atom is -0.394 e. The fourth-order valence-electron chi connectivity index (χ4n) is 12.3. The molecule has 6 rings (SSSR count). The molecular formula is C40H68O15. The van der Waals surface area contributed by atoms with E-state index >= 15 is 0 Å². The van der Waals surface area contributed by atoms with E-state index in [9.17, 15) is 51.1 Å². The third kappa shape index (κ3) is 7.61. The molecule has 2 heterocycles. The largest absolute Gasteiger partial charge is 0.394 e. The molecule has 0 aromatic rings. The summed E-state index contributed by atoms with van der Waals surface area (Å²) in [7, 11) is 1.38. The first-order valence-electron chi connectivity index (χ1n) is 20.4. The Balaban J connectivity index is 1.06. The van der Waals surface area contributed by atoms with E-state index < -0.39 is 109 Å². The molecule has 318 valence electrons. The number of methoxy groups -OCH3 is 1. The summed E-state index contributed by atoms with van der Waals surface area (Å²) in [6.45, 7) is 12.0. The highest BCUT2D eigenvalue weighted by Gasteiger charge is 2.71. The van der Waals surface area contributed by atoms with Crippen LogP contribution in [0.5, 0.6) is 0 Å². The second-order valence-electron chi connectivity index (χ2n) is 18.6. The van der Waals surface area contributed by atoms with Gasteiger partial charge in [0.15, 0.2) is 12.6 Å². The summed E-state index contributed by atoms with van der Waals surface area (Å²) in [5.74, 6) is -1.09. The van der Waals surface area contributed by atoms with Gasteiger partial charge in [-0.25, -0.2) is 0 Å². The first-order valence-corrected chi connectivity index (χ1v) is 20.4. The van der Waals surface area contributed by atoms with Gasteiger partial charge in [0, 0.05) is 31.3 Å². The van der Waals surface area contributed by atoms with Crippen LogP contribution in [0.3, 0.4) is 0 Å². The van der Waals surface area contributed by atoms with Crippen LogP contribution in [0, 0.1) is 46.3 Å². The molecule has 22 atom stereocenters. The normalized spacial score (nSPS) is 51.5. The van der Waals surface area contributed by atoms with Gasteiger partial charge < -0.3 is 74.7 Å². The summed E-state index contributed by atoms with van der Waals surface area (Å²) in [6.07, 6.45) is -10.7. The van der Waals surface area contributed by atoms with Gasteiger partial charge in [0.1, 0.15) is 42.7 Å². The van der Waals surface area contributed by atoms with Crippen LogP contribution < -0.4 is 0 Å². The summed E-state index contributed by atoms with van der Waals surface area (Å²) in [5, 5.41) is 109. The Bertz CT molecular complexity index is 1320. The molecule has 15 heteroatoms. The zero-order valence-electron chi connectivity index (χ0n) is 33.0. The van der Waals surface area contributed by atoms with Crippen molar-refractivity contribution in [3.05, 3.63) is 12.2 Å². The lowest BCUT2D eigenvalue weighted by Gasteiger charge is -2.66. The van der Waals surface area contributed by atoms with Crippen molar-refractivity contribution < 1.29 is 74.7 Å². The number of aliphatic hydroxyl groups excluding tert-OH is 9. The van der Waals surface area contributed by atoms with Crippen molar-refractivity contribution in [1.82, 2.24) is 0 Å². The third-order valence-electron chi connectivity index (χ3n) is 15.4. The number of hydrogen-bond acceptors (Lipinski definition) is 15. The highest BCUT2D eigenvalue weighted by Crippen LogP contribution is 2.70. The molecule has 6 aliphatic rings. The summed E-state index contributed by atoms with van der Waals surface area (Å²) in [5.41, 5.74) is -1.35. The van der Waals surface area contributed by atoms with E-state index in [-0.39, 0.29) is 48.7 Å². The number of hydrogen-bond donors (Lipinski definition) is 10. The van der Waals surface area contributed by atoms with Crippen molar-refractivity contribution >= 4 is 0 Å². The van der Waals surface area contributed by atoms with Gasteiger partial charge in [-0.15, -0.1) is 0 Å². The van der Waals surface area contributed by atoms with Crippen LogP contribution in [-0.4, -0.2) is 163 Å². The van der Waals surface area contributed by atoms with Gasteiger partial charge in [0.05, 0.1) is 49.8 Å². The summed E-state index contributed by atoms with van der Waals surface area (Å²) in [6, 6.07) is 0. The van der Waals surface area contributed by atoms with E-state index in [1.54, 1.807) is 0 Å². The van der Waals surface area contributed by atoms with Crippen molar-refractivity contribution in [2.24, 2.45) is 46.3 Å². The molecule has 10 N–H and O–H groups in total. The molecule has 6 fully saturated rings. The van der Waals surface area contributed by atoms with Gasteiger partial charge in [-0.1, -0.05) is 39.8 Å². The first-order chi connectivity index (χ1) is 25.8. The van der Waals surface area contributed by atoms with Gasteiger partial charge in [-0.3, -0.25) is 0 Å².